The van der Waals surface area contributed by atoms with E-state index < -0.39 is 6.10 Å². The van der Waals surface area contributed by atoms with E-state index in [4.69, 9.17) is 0 Å². The average molecular weight is 315 g/mol. The molecular weight excluding hydrogens is 294 g/mol. The monoisotopic (exact) mass is 315 g/mol. The summed E-state index contributed by atoms with van der Waals surface area (Å²) < 4.78 is 0. The van der Waals surface area contributed by atoms with E-state index in [1.165, 1.54) is 0 Å². The van der Waals surface area contributed by atoms with Gasteiger partial charge in [-0.1, -0.05) is 44.2 Å². The van der Waals surface area contributed by atoms with E-state index in [0.717, 1.165) is 10.5 Å². The Hall–Kier alpha value is -1.78. The molecule has 1 amide bonds. The van der Waals surface area contributed by atoms with Crippen LogP contribution in [0.3, 0.4) is 0 Å². The minimum atomic E-state index is -0.694. The number of hydrogen-bond acceptors (Lipinski definition) is 3. The van der Waals surface area contributed by atoms with Gasteiger partial charge in [0, 0.05) is 22.3 Å². The Morgan fingerprint density at radius 1 is 1.09 bits per heavy atom. The molecule has 0 heterocycles. The smallest absolute Gasteiger partial charge is 0.251 e. The summed E-state index contributed by atoms with van der Waals surface area (Å²) in [5.41, 5.74) is 1.40. The third kappa shape index (κ3) is 4.90. The van der Waals surface area contributed by atoms with Crippen LogP contribution in [0, 0.1) is 0 Å². The molecule has 2 aromatic carbocycles. The van der Waals surface area contributed by atoms with Gasteiger partial charge in [-0.15, -0.1) is 11.8 Å². The molecule has 1 atom stereocenters. The number of carbonyl (C=O) groups excluding carboxylic acids is 1. The number of thioether (sulfide) groups is 1. The Kier molecular flexibility index (Phi) is 6.04. The minimum Gasteiger partial charge on any atom is -0.387 e. The zero-order valence-electron chi connectivity index (χ0n) is 12.8. The standard InChI is InChI=1S/C18H21NO2S/c1-13(2)22-16-10-8-15(9-11-16)18(21)19-12-17(20)14-6-4-3-5-7-14/h3-11,13,17,20H,12H2,1-2H3,(H,19,21)/t17-/m0/s1. The van der Waals surface area contributed by atoms with Gasteiger partial charge in [-0.25, -0.2) is 0 Å². The van der Waals surface area contributed by atoms with E-state index in [-0.39, 0.29) is 12.5 Å². The van der Waals surface area contributed by atoms with E-state index in [1.54, 1.807) is 11.8 Å². The van der Waals surface area contributed by atoms with Crippen molar-refractivity contribution < 1.29 is 9.90 Å². The number of aliphatic hydroxyl groups is 1. The van der Waals surface area contributed by atoms with Crippen LogP contribution in [0.5, 0.6) is 0 Å². The maximum absolute atomic E-state index is 12.1. The van der Waals surface area contributed by atoms with Crippen LogP contribution in [-0.4, -0.2) is 22.8 Å². The fourth-order valence-electron chi connectivity index (χ4n) is 2.04. The summed E-state index contributed by atoms with van der Waals surface area (Å²) in [5.74, 6) is -0.170. The third-order valence-corrected chi connectivity index (χ3v) is 4.14. The Labute approximate surface area is 135 Å². The highest BCUT2D eigenvalue weighted by atomic mass is 32.2. The first kappa shape index (κ1) is 16.6. The average Bonchev–Trinajstić information content (AvgIpc) is 2.53. The predicted molar refractivity (Wildman–Crippen MR) is 91.2 cm³/mol. The van der Waals surface area contributed by atoms with Crippen molar-refractivity contribution in [2.45, 2.75) is 30.1 Å². The van der Waals surface area contributed by atoms with Gasteiger partial charge in [-0.3, -0.25) is 4.79 Å². The molecule has 3 nitrogen and oxygen atoms in total. The number of benzene rings is 2. The van der Waals surface area contributed by atoms with E-state index in [2.05, 4.69) is 19.2 Å². The van der Waals surface area contributed by atoms with Gasteiger partial charge in [0.15, 0.2) is 0 Å². The molecular formula is C18H21NO2S. The van der Waals surface area contributed by atoms with Crippen LogP contribution in [0.1, 0.15) is 35.9 Å². The molecule has 0 bridgehead atoms. The van der Waals surface area contributed by atoms with Crippen LogP contribution < -0.4 is 5.32 Å². The second-order valence-electron chi connectivity index (χ2n) is 5.33. The Morgan fingerprint density at radius 2 is 1.73 bits per heavy atom. The topological polar surface area (TPSA) is 49.3 Å². The summed E-state index contributed by atoms with van der Waals surface area (Å²) in [6.07, 6.45) is -0.694. The maximum atomic E-state index is 12.1. The Balaban J connectivity index is 1.89. The predicted octanol–water partition coefficient (Wildman–Crippen LogP) is 3.65. The zero-order valence-corrected chi connectivity index (χ0v) is 13.6. The van der Waals surface area contributed by atoms with E-state index in [9.17, 15) is 9.90 Å². The number of amides is 1. The van der Waals surface area contributed by atoms with Crippen molar-refractivity contribution in [2.75, 3.05) is 6.54 Å². The van der Waals surface area contributed by atoms with Crippen LogP contribution in [0.25, 0.3) is 0 Å². The Bertz CT molecular complexity index is 596. The molecule has 2 N–H and O–H groups in total. The first-order valence-electron chi connectivity index (χ1n) is 7.34. The van der Waals surface area contributed by atoms with E-state index in [1.807, 2.05) is 54.6 Å². The summed E-state index contributed by atoms with van der Waals surface area (Å²) in [5, 5.41) is 13.3. The van der Waals surface area contributed by atoms with Crippen molar-refractivity contribution >= 4 is 17.7 Å². The summed E-state index contributed by atoms with van der Waals surface area (Å²) in [7, 11) is 0. The lowest BCUT2D eigenvalue weighted by Crippen LogP contribution is -2.28. The van der Waals surface area contributed by atoms with Gasteiger partial charge in [0.1, 0.15) is 0 Å². The van der Waals surface area contributed by atoms with Crippen molar-refractivity contribution in [3.63, 3.8) is 0 Å². The van der Waals surface area contributed by atoms with E-state index >= 15 is 0 Å². The SMILES string of the molecule is CC(C)Sc1ccc(C(=O)NC[C@H](O)c2ccccc2)cc1. The minimum absolute atomic E-state index is 0.170. The number of carbonyl (C=O) groups is 1. The lowest BCUT2D eigenvalue weighted by atomic mass is 10.1. The summed E-state index contributed by atoms with van der Waals surface area (Å²) >= 11 is 1.76. The third-order valence-electron chi connectivity index (χ3n) is 3.13. The Morgan fingerprint density at radius 3 is 2.32 bits per heavy atom. The fourth-order valence-corrected chi connectivity index (χ4v) is 2.88. The second-order valence-corrected chi connectivity index (χ2v) is 6.98. The molecule has 0 unspecified atom stereocenters. The highest BCUT2D eigenvalue weighted by Gasteiger charge is 2.10. The summed E-state index contributed by atoms with van der Waals surface area (Å²) in [6.45, 7) is 4.47. The molecule has 116 valence electrons. The lowest BCUT2D eigenvalue weighted by molar-refractivity contribution is 0.0916. The van der Waals surface area contributed by atoms with Crippen molar-refractivity contribution in [1.29, 1.82) is 0 Å². The van der Waals surface area contributed by atoms with Crippen LogP contribution in [0.15, 0.2) is 59.5 Å². The van der Waals surface area contributed by atoms with E-state index in [0.29, 0.717) is 10.8 Å². The molecule has 0 radical (unpaired) electrons. The first-order chi connectivity index (χ1) is 10.6. The van der Waals surface area contributed by atoms with Gasteiger partial charge in [-0.05, 0) is 29.8 Å². The molecule has 22 heavy (non-hydrogen) atoms. The lowest BCUT2D eigenvalue weighted by Gasteiger charge is -2.12. The quantitative estimate of drug-likeness (QED) is 0.800. The van der Waals surface area contributed by atoms with Crippen molar-refractivity contribution in [3.8, 4) is 0 Å². The van der Waals surface area contributed by atoms with Crippen molar-refractivity contribution in [1.82, 2.24) is 5.32 Å². The molecule has 0 saturated carbocycles. The highest BCUT2D eigenvalue weighted by Crippen LogP contribution is 2.22. The van der Waals surface area contributed by atoms with Gasteiger partial charge in [0.2, 0.25) is 0 Å². The number of hydrogen-bond donors (Lipinski definition) is 2. The molecule has 0 aliphatic heterocycles. The van der Waals surface area contributed by atoms with Gasteiger partial charge in [-0.2, -0.15) is 0 Å². The van der Waals surface area contributed by atoms with Gasteiger partial charge >= 0.3 is 0 Å². The number of aliphatic hydroxyl groups excluding tert-OH is 1. The molecule has 2 aromatic rings. The van der Waals surface area contributed by atoms with Crippen LogP contribution in [-0.2, 0) is 0 Å². The highest BCUT2D eigenvalue weighted by molar-refractivity contribution is 7.99. The largest absolute Gasteiger partial charge is 0.387 e. The molecule has 0 spiro atoms. The zero-order chi connectivity index (χ0) is 15.9. The molecule has 0 saturated heterocycles. The van der Waals surface area contributed by atoms with Crippen LogP contribution in [0.2, 0.25) is 0 Å². The molecule has 0 aromatic heterocycles. The molecule has 0 fully saturated rings. The normalized spacial score (nSPS) is 12.2. The molecule has 0 aliphatic rings. The van der Waals surface area contributed by atoms with Crippen molar-refractivity contribution in [2.24, 2.45) is 0 Å². The van der Waals surface area contributed by atoms with Gasteiger partial charge in [0.25, 0.3) is 5.91 Å². The van der Waals surface area contributed by atoms with Crippen LogP contribution >= 0.6 is 11.8 Å². The number of nitrogens with one attached hydrogen (secondary N) is 1. The number of rotatable bonds is 6. The maximum Gasteiger partial charge on any atom is 0.251 e. The molecule has 0 aliphatic carbocycles. The molecule has 4 heteroatoms. The fraction of sp³-hybridized carbons (Fsp3) is 0.278. The van der Waals surface area contributed by atoms with Gasteiger partial charge < -0.3 is 10.4 Å². The van der Waals surface area contributed by atoms with Crippen molar-refractivity contribution in [3.05, 3.63) is 65.7 Å². The second kappa shape index (κ2) is 8.01. The summed E-state index contributed by atoms with van der Waals surface area (Å²) in [4.78, 5) is 13.2. The van der Waals surface area contributed by atoms with Crippen LogP contribution in [0.4, 0.5) is 0 Å². The summed E-state index contributed by atoms with van der Waals surface area (Å²) in [6, 6.07) is 16.8. The molecule has 2 rings (SSSR count). The first-order valence-corrected chi connectivity index (χ1v) is 8.22. The van der Waals surface area contributed by atoms with Gasteiger partial charge in [0.05, 0.1) is 6.10 Å².